The number of nitrogens with one attached hydrogen (secondary N) is 5. The van der Waals surface area contributed by atoms with Crippen molar-refractivity contribution in [2.75, 3.05) is 5.32 Å². The number of nitrogens with zero attached hydrogens (tertiary/aromatic N) is 12. The molecule has 26 nitrogen and oxygen atoms in total. The van der Waals surface area contributed by atoms with Crippen molar-refractivity contribution in [1.82, 2.24) is 82.5 Å². The molecule has 0 bridgehead atoms. The lowest BCUT2D eigenvalue weighted by Gasteiger charge is -2.24. The third kappa shape index (κ3) is 26.1. The molecule has 5 aromatic carbocycles. The molecule has 3 atom stereocenters. The van der Waals surface area contributed by atoms with E-state index in [4.69, 9.17) is 18.9 Å². The smallest absolute Gasteiger partial charge is 0.408 e. The first-order valence-electron chi connectivity index (χ1n) is 31.2. The van der Waals surface area contributed by atoms with Crippen molar-refractivity contribution in [2.24, 2.45) is 5.41 Å². The van der Waals surface area contributed by atoms with E-state index in [1.165, 1.54) is 0 Å². The maximum absolute atomic E-state index is 12.5. The topological polar surface area (TPSA) is 337 Å². The van der Waals surface area contributed by atoms with Crippen molar-refractivity contribution in [1.29, 1.82) is 0 Å². The summed E-state index contributed by atoms with van der Waals surface area (Å²) in [7, 11) is 0. The Balaban J connectivity index is 0.000000228. The first-order valence-corrected chi connectivity index (χ1v) is 31.2. The fraction of sp³-hybridized carbons (Fsp3) is 0.414. The Morgan fingerprint density at radius 2 is 0.719 bits per heavy atom. The summed E-state index contributed by atoms with van der Waals surface area (Å²) < 4.78 is 22.0. The predicted octanol–water partition coefficient (Wildman–Crippen LogP) is 12.5. The van der Waals surface area contributed by atoms with Gasteiger partial charge < -0.3 is 45.5 Å². The van der Waals surface area contributed by atoms with Crippen LogP contribution in [-0.4, -0.2) is 119 Å². The summed E-state index contributed by atoms with van der Waals surface area (Å²) in [5, 5.41) is 64.3. The van der Waals surface area contributed by atoms with Gasteiger partial charge in [0.25, 0.3) is 0 Å². The van der Waals surface area contributed by atoms with E-state index in [9.17, 15) is 24.0 Å². The molecular formula is C70H89N17O9. The molecule has 0 saturated carbocycles. The molecule has 26 heteroatoms. The van der Waals surface area contributed by atoms with Crippen LogP contribution in [-0.2, 0) is 23.8 Å². The molecule has 8 aromatic rings. The second-order valence-electron chi connectivity index (χ2n) is 28.1. The second-order valence-corrected chi connectivity index (χ2v) is 28.1. The third-order valence-corrected chi connectivity index (χ3v) is 12.4. The lowest BCUT2D eigenvalue weighted by atomic mass is 9.95. The number of alkyl carbamates (subject to hydrolysis) is 3. The van der Waals surface area contributed by atoms with Crippen molar-refractivity contribution < 1.29 is 42.9 Å². The molecule has 0 aliphatic rings. The highest BCUT2D eigenvalue weighted by Crippen LogP contribution is 2.28. The summed E-state index contributed by atoms with van der Waals surface area (Å²) in [5.74, 6) is 2.30. The minimum Gasteiger partial charge on any atom is -0.488 e. The number of ether oxygens (including phenoxy) is 4. The van der Waals surface area contributed by atoms with Gasteiger partial charge in [-0.15, -0.1) is 61.2 Å². The number of amides is 5. The van der Waals surface area contributed by atoms with Crippen LogP contribution in [0.1, 0.15) is 184 Å². The van der Waals surface area contributed by atoms with E-state index in [-0.39, 0.29) is 53.3 Å². The molecule has 5 amide bonds. The summed E-state index contributed by atoms with van der Waals surface area (Å²) in [6, 6.07) is 40.4. The maximum atomic E-state index is 12.5. The number of hydrogen-bond acceptors (Lipinski definition) is 21. The molecule has 5 N–H and O–H groups in total. The fourth-order valence-corrected chi connectivity index (χ4v) is 8.27. The van der Waals surface area contributed by atoms with E-state index in [1.807, 2.05) is 178 Å². The summed E-state index contributed by atoms with van der Waals surface area (Å²) in [5.41, 5.74) is 1.26. The fourth-order valence-electron chi connectivity index (χ4n) is 8.27. The Hall–Kier alpha value is -10.5. The van der Waals surface area contributed by atoms with Crippen LogP contribution in [0.4, 0.5) is 20.1 Å². The van der Waals surface area contributed by atoms with E-state index < -0.39 is 58.6 Å². The number of anilines is 1. The molecule has 3 heterocycles. The monoisotopic (exact) mass is 1310 g/mol. The van der Waals surface area contributed by atoms with Crippen molar-refractivity contribution in [3.63, 3.8) is 0 Å². The number of aromatic nitrogens is 12. The van der Waals surface area contributed by atoms with Crippen LogP contribution in [0.3, 0.4) is 0 Å². The van der Waals surface area contributed by atoms with Gasteiger partial charge in [0.15, 0.2) is 17.5 Å². The summed E-state index contributed by atoms with van der Waals surface area (Å²) >= 11 is 0. The van der Waals surface area contributed by atoms with Crippen LogP contribution < -0.4 is 31.3 Å². The standard InChI is InChI=1S/C25H30N6O3.C24H29N5O3.C21H30N6O3/c1-24(2,3)22(32)26-18-14-12-16(13-15-18)19(27-23(33)34-25(4,5)6)21-30-28-20(29-31-21)17-10-8-7-9-11-17;1-23(2,3)31-18-14-12-16(13-15-18)19(25-22(30)32-24(4,5)6)21-28-26-20(27-29-21)17-10-8-7-9-11-17;1-20(2,3)23-16(28)13-12-15(22-19(29)30-21(4,5)6)18-26-24-17(25-27-18)14-10-8-7-9-11-14/h7-15,19H,1-6H3,(H,26,32)(H,27,33);7-15,19H,1-6H3,(H,25,30);7-11,15H,12-13H2,1-6H3,(H,22,29)(H,23,28). The van der Waals surface area contributed by atoms with Crippen LogP contribution in [0.2, 0.25) is 0 Å². The predicted molar refractivity (Wildman–Crippen MR) is 362 cm³/mol. The molecule has 8 rings (SSSR count). The number of carbonyl (C=O) groups is 5. The van der Waals surface area contributed by atoms with Crippen molar-refractivity contribution >= 4 is 35.8 Å². The molecule has 0 spiro atoms. The molecule has 0 aliphatic heterocycles. The average Bonchev–Trinajstić information content (AvgIpc) is 0.889. The van der Waals surface area contributed by atoms with Crippen molar-refractivity contribution in [2.45, 2.75) is 184 Å². The molecule has 0 radical (unpaired) electrons. The van der Waals surface area contributed by atoms with Crippen LogP contribution in [0, 0.1) is 5.41 Å². The highest BCUT2D eigenvalue weighted by Gasteiger charge is 2.29. The number of benzene rings is 5. The van der Waals surface area contributed by atoms with Crippen LogP contribution >= 0.6 is 0 Å². The summed E-state index contributed by atoms with van der Waals surface area (Å²) in [4.78, 5) is 61.8. The molecule has 0 fully saturated rings. The Labute approximate surface area is 561 Å². The zero-order valence-electron chi connectivity index (χ0n) is 58.0. The average molecular weight is 1310 g/mol. The van der Waals surface area contributed by atoms with Gasteiger partial charge in [0.2, 0.25) is 29.3 Å². The second kappa shape index (κ2) is 32.5. The van der Waals surface area contributed by atoms with Crippen LogP contribution in [0.5, 0.6) is 5.75 Å². The third-order valence-electron chi connectivity index (χ3n) is 12.4. The first-order chi connectivity index (χ1) is 44.8. The Morgan fingerprint density at radius 1 is 0.385 bits per heavy atom. The van der Waals surface area contributed by atoms with E-state index in [2.05, 4.69) is 87.8 Å². The van der Waals surface area contributed by atoms with Gasteiger partial charge in [0.05, 0.1) is 6.04 Å². The van der Waals surface area contributed by atoms with Gasteiger partial charge in [0, 0.05) is 39.8 Å². The van der Waals surface area contributed by atoms with E-state index in [0.29, 0.717) is 34.5 Å². The molecule has 0 aliphatic carbocycles. The zero-order valence-corrected chi connectivity index (χ0v) is 58.0. The normalized spacial score (nSPS) is 12.6. The van der Waals surface area contributed by atoms with Gasteiger partial charge >= 0.3 is 18.3 Å². The Kier molecular flexibility index (Phi) is 25.3. The molecule has 0 saturated heterocycles. The van der Waals surface area contributed by atoms with E-state index >= 15 is 0 Å². The maximum Gasteiger partial charge on any atom is 0.408 e. The zero-order chi connectivity index (χ0) is 70.7. The number of hydrogen-bond donors (Lipinski definition) is 5. The lowest BCUT2D eigenvalue weighted by molar-refractivity contribution is -0.123. The largest absolute Gasteiger partial charge is 0.488 e. The SMILES string of the molecule is CC(C)(C)NC(=O)CCC(NC(=O)OC(C)(C)C)c1nnc(-c2ccccc2)nn1.CC(C)(C)OC(=O)NC(c1ccc(NC(=O)C(C)(C)C)cc1)c1nnc(-c2ccccc2)nn1.CC(C)(C)OC(=O)NC(c1ccc(OC(C)(C)C)cc1)c1nnc(-c2ccccc2)nn1. The van der Waals surface area contributed by atoms with E-state index in [1.54, 1.807) is 86.6 Å². The van der Waals surface area contributed by atoms with Gasteiger partial charge in [-0.2, -0.15) is 0 Å². The molecule has 3 aromatic heterocycles. The van der Waals surface area contributed by atoms with Gasteiger partial charge in [-0.1, -0.05) is 136 Å². The minimum atomic E-state index is -0.757. The quantitative estimate of drug-likeness (QED) is 0.0561. The molecule has 96 heavy (non-hydrogen) atoms. The van der Waals surface area contributed by atoms with Gasteiger partial charge in [-0.25, -0.2) is 14.4 Å². The molecule has 508 valence electrons. The highest BCUT2D eigenvalue weighted by molar-refractivity contribution is 5.94. The van der Waals surface area contributed by atoms with Crippen molar-refractivity contribution in [3.05, 3.63) is 168 Å². The van der Waals surface area contributed by atoms with E-state index in [0.717, 1.165) is 22.3 Å². The Bertz CT molecular complexity index is 3780. The van der Waals surface area contributed by atoms with Crippen LogP contribution in [0.25, 0.3) is 34.2 Å². The molecular weight excluding hydrogens is 1220 g/mol. The number of rotatable bonds is 16. The summed E-state index contributed by atoms with van der Waals surface area (Å²) in [6.07, 6.45) is -1.40. The minimum absolute atomic E-state index is 0.100. The first kappa shape index (κ1) is 74.5. The highest BCUT2D eigenvalue weighted by atomic mass is 16.6. The van der Waals surface area contributed by atoms with Crippen LogP contribution in [0.15, 0.2) is 140 Å². The van der Waals surface area contributed by atoms with Gasteiger partial charge in [-0.3, -0.25) is 9.59 Å². The summed E-state index contributed by atoms with van der Waals surface area (Å²) in [6.45, 7) is 33.2. The van der Waals surface area contributed by atoms with Crippen molar-refractivity contribution in [3.8, 4) is 39.9 Å². The lowest BCUT2D eigenvalue weighted by Crippen LogP contribution is -2.41. The van der Waals surface area contributed by atoms with Gasteiger partial charge in [0.1, 0.15) is 40.2 Å². The molecule has 3 unspecified atom stereocenters. The van der Waals surface area contributed by atoms with Gasteiger partial charge in [-0.05, 0) is 146 Å². The Morgan fingerprint density at radius 3 is 1.04 bits per heavy atom. The number of carbonyl (C=O) groups excluding carboxylic acids is 5.